The summed E-state index contributed by atoms with van der Waals surface area (Å²) in [5, 5.41) is 8.63. The van der Waals surface area contributed by atoms with Crippen LogP contribution in [0.15, 0.2) is 42.5 Å². The van der Waals surface area contributed by atoms with Crippen LogP contribution in [0, 0.1) is 11.6 Å². The van der Waals surface area contributed by atoms with E-state index in [1.54, 1.807) is 6.07 Å². The highest BCUT2D eigenvalue weighted by Gasteiger charge is 2.10. The summed E-state index contributed by atoms with van der Waals surface area (Å²) in [7, 11) is 0. The largest absolute Gasteiger partial charge is 0.481 e. The molecule has 0 aromatic heterocycles. The van der Waals surface area contributed by atoms with Gasteiger partial charge in [-0.15, -0.1) is 0 Å². The molecule has 4 heteroatoms. The zero-order chi connectivity index (χ0) is 13.8. The summed E-state index contributed by atoms with van der Waals surface area (Å²) >= 11 is 0. The van der Waals surface area contributed by atoms with Crippen LogP contribution in [0.4, 0.5) is 8.78 Å². The van der Waals surface area contributed by atoms with E-state index in [0.717, 1.165) is 0 Å². The maximum absolute atomic E-state index is 13.8. The molecule has 2 aromatic rings. The monoisotopic (exact) mass is 262 g/mol. The Bertz CT molecular complexity index is 609. The van der Waals surface area contributed by atoms with Gasteiger partial charge in [-0.2, -0.15) is 0 Å². The standard InChI is InChI=1S/C15H12F2O2/c16-13-4-2-1-3-11(13)12-9-10(5-7-14(12)17)6-8-15(18)19/h1-5,7,9H,6,8H2,(H,18,19). The van der Waals surface area contributed by atoms with E-state index in [1.165, 1.54) is 36.4 Å². The van der Waals surface area contributed by atoms with Crippen molar-refractivity contribution in [3.05, 3.63) is 59.7 Å². The first-order valence-corrected chi connectivity index (χ1v) is 5.83. The van der Waals surface area contributed by atoms with Crippen molar-refractivity contribution in [1.29, 1.82) is 0 Å². The summed E-state index contributed by atoms with van der Waals surface area (Å²) in [6.07, 6.45) is 0.249. The van der Waals surface area contributed by atoms with Gasteiger partial charge in [-0.1, -0.05) is 24.3 Å². The molecule has 0 aliphatic heterocycles. The Hall–Kier alpha value is -2.23. The Balaban J connectivity index is 2.37. The zero-order valence-corrected chi connectivity index (χ0v) is 10.1. The first-order chi connectivity index (χ1) is 9.08. The van der Waals surface area contributed by atoms with Gasteiger partial charge in [-0.25, -0.2) is 8.78 Å². The smallest absolute Gasteiger partial charge is 0.303 e. The molecule has 0 fully saturated rings. The minimum atomic E-state index is -0.920. The van der Waals surface area contributed by atoms with Crippen LogP contribution < -0.4 is 0 Å². The van der Waals surface area contributed by atoms with Gasteiger partial charge in [0.1, 0.15) is 11.6 Å². The molecule has 98 valence electrons. The molecular formula is C15H12F2O2. The number of aryl methyl sites for hydroxylation is 1. The molecule has 0 saturated heterocycles. The third kappa shape index (κ3) is 3.16. The zero-order valence-electron chi connectivity index (χ0n) is 10.1. The molecule has 2 aromatic carbocycles. The van der Waals surface area contributed by atoms with Crippen molar-refractivity contribution in [3.63, 3.8) is 0 Å². The molecule has 0 amide bonds. The van der Waals surface area contributed by atoms with Gasteiger partial charge in [-0.05, 0) is 30.2 Å². The summed E-state index contributed by atoms with van der Waals surface area (Å²) in [6, 6.07) is 10.2. The maximum Gasteiger partial charge on any atom is 0.303 e. The van der Waals surface area contributed by atoms with Crippen LogP contribution in [-0.2, 0) is 11.2 Å². The molecule has 0 saturated carbocycles. The second kappa shape index (κ2) is 5.61. The quantitative estimate of drug-likeness (QED) is 0.913. The Morgan fingerprint density at radius 1 is 1.00 bits per heavy atom. The van der Waals surface area contributed by atoms with Crippen LogP contribution in [0.5, 0.6) is 0 Å². The maximum atomic E-state index is 13.8. The fourth-order valence-corrected chi connectivity index (χ4v) is 1.87. The summed E-state index contributed by atoms with van der Waals surface area (Å²) in [6.45, 7) is 0. The molecule has 0 bridgehead atoms. The summed E-state index contributed by atoms with van der Waals surface area (Å²) in [4.78, 5) is 10.5. The van der Waals surface area contributed by atoms with E-state index in [0.29, 0.717) is 5.56 Å². The first-order valence-electron chi connectivity index (χ1n) is 5.83. The molecular weight excluding hydrogens is 250 g/mol. The lowest BCUT2D eigenvalue weighted by atomic mass is 10.00. The van der Waals surface area contributed by atoms with Crippen molar-refractivity contribution in [2.24, 2.45) is 0 Å². The van der Waals surface area contributed by atoms with Gasteiger partial charge in [0.25, 0.3) is 0 Å². The van der Waals surface area contributed by atoms with Crippen molar-refractivity contribution in [2.75, 3.05) is 0 Å². The number of carboxylic acids is 1. The lowest BCUT2D eigenvalue weighted by molar-refractivity contribution is -0.136. The highest BCUT2D eigenvalue weighted by Crippen LogP contribution is 2.26. The topological polar surface area (TPSA) is 37.3 Å². The average Bonchev–Trinajstić information content (AvgIpc) is 2.38. The molecule has 19 heavy (non-hydrogen) atoms. The van der Waals surface area contributed by atoms with E-state index in [1.807, 2.05) is 0 Å². The first kappa shape index (κ1) is 13.2. The van der Waals surface area contributed by atoms with Crippen LogP contribution in [0.2, 0.25) is 0 Å². The predicted molar refractivity (Wildman–Crippen MR) is 67.8 cm³/mol. The van der Waals surface area contributed by atoms with Crippen LogP contribution in [0.3, 0.4) is 0 Å². The van der Waals surface area contributed by atoms with Crippen molar-refractivity contribution in [3.8, 4) is 11.1 Å². The van der Waals surface area contributed by atoms with Crippen molar-refractivity contribution >= 4 is 5.97 Å². The SMILES string of the molecule is O=C(O)CCc1ccc(F)c(-c2ccccc2F)c1. The number of halogens is 2. The van der Waals surface area contributed by atoms with Gasteiger partial charge in [0.05, 0.1) is 0 Å². The van der Waals surface area contributed by atoms with Crippen LogP contribution in [-0.4, -0.2) is 11.1 Å². The van der Waals surface area contributed by atoms with Crippen LogP contribution in [0.1, 0.15) is 12.0 Å². The average molecular weight is 262 g/mol. The molecule has 0 aliphatic carbocycles. The van der Waals surface area contributed by atoms with Gasteiger partial charge in [0, 0.05) is 17.5 Å². The highest BCUT2D eigenvalue weighted by molar-refractivity contribution is 5.68. The van der Waals surface area contributed by atoms with Gasteiger partial charge in [0.15, 0.2) is 0 Å². The van der Waals surface area contributed by atoms with Crippen molar-refractivity contribution in [1.82, 2.24) is 0 Å². The van der Waals surface area contributed by atoms with Gasteiger partial charge in [0.2, 0.25) is 0 Å². The van der Waals surface area contributed by atoms with Crippen LogP contribution >= 0.6 is 0 Å². The molecule has 2 rings (SSSR count). The van der Waals surface area contributed by atoms with Gasteiger partial charge < -0.3 is 5.11 Å². The van der Waals surface area contributed by atoms with Gasteiger partial charge in [-0.3, -0.25) is 4.79 Å². The third-order valence-corrected chi connectivity index (χ3v) is 2.82. The van der Waals surface area contributed by atoms with Crippen molar-refractivity contribution in [2.45, 2.75) is 12.8 Å². The number of benzene rings is 2. The second-order valence-electron chi connectivity index (χ2n) is 4.19. The van der Waals surface area contributed by atoms with E-state index in [9.17, 15) is 13.6 Å². The summed E-state index contributed by atoms with van der Waals surface area (Å²) in [5.41, 5.74) is 1.00. The fraction of sp³-hybridized carbons (Fsp3) is 0.133. The van der Waals surface area contributed by atoms with Crippen LogP contribution in [0.25, 0.3) is 11.1 Å². The molecule has 0 radical (unpaired) electrons. The van der Waals surface area contributed by atoms with E-state index in [4.69, 9.17) is 5.11 Å². The van der Waals surface area contributed by atoms with E-state index in [2.05, 4.69) is 0 Å². The second-order valence-corrected chi connectivity index (χ2v) is 4.19. The number of carboxylic acid groups (broad SMARTS) is 1. The van der Waals surface area contributed by atoms with E-state index >= 15 is 0 Å². The van der Waals surface area contributed by atoms with Crippen molar-refractivity contribution < 1.29 is 18.7 Å². The molecule has 0 spiro atoms. The fourth-order valence-electron chi connectivity index (χ4n) is 1.87. The minimum absolute atomic E-state index is 0.0393. The summed E-state index contributed by atoms with van der Waals surface area (Å²) < 4.78 is 27.4. The third-order valence-electron chi connectivity index (χ3n) is 2.82. The molecule has 1 N–H and O–H groups in total. The predicted octanol–water partition coefficient (Wildman–Crippen LogP) is 3.65. The van der Waals surface area contributed by atoms with E-state index in [-0.39, 0.29) is 24.0 Å². The van der Waals surface area contributed by atoms with Gasteiger partial charge >= 0.3 is 5.97 Å². The molecule has 0 unspecified atom stereocenters. The number of carbonyl (C=O) groups is 1. The Morgan fingerprint density at radius 3 is 2.37 bits per heavy atom. The highest BCUT2D eigenvalue weighted by atomic mass is 19.1. The summed E-state index contributed by atoms with van der Waals surface area (Å²) in [5.74, 6) is -1.95. The Labute approximate surface area is 109 Å². The number of rotatable bonds is 4. The number of hydrogen-bond acceptors (Lipinski definition) is 1. The number of hydrogen-bond donors (Lipinski definition) is 1. The normalized spacial score (nSPS) is 10.4. The Kier molecular flexibility index (Phi) is 3.90. The lowest BCUT2D eigenvalue weighted by Crippen LogP contribution is -1.98. The molecule has 0 aliphatic rings. The lowest BCUT2D eigenvalue weighted by Gasteiger charge is -2.07. The molecule has 0 heterocycles. The molecule has 0 atom stereocenters. The van der Waals surface area contributed by atoms with E-state index < -0.39 is 17.6 Å². The minimum Gasteiger partial charge on any atom is -0.481 e. The Morgan fingerprint density at radius 2 is 1.68 bits per heavy atom. The molecule has 2 nitrogen and oxygen atoms in total. The number of aliphatic carboxylic acids is 1.